The highest BCUT2D eigenvalue weighted by Gasteiger charge is 2.24. The number of nitrogens with zero attached hydrogens (tertiary/aromatic N) is 1. The average Bonchev–Trinajstić information content (AvgIpc) is 2.87. The first-order chi connectivity index (χ1) is 9.43. The minimum absolute atomic E-state index is 0.227. The van der Waals surface area contributed by atoms with Gasteiger partial charge in [0.15, 0.2) is 0 Å². The molecule has 1 aliphatic rings. The van der Waals surface area contributed by atoms with Crippen LogP contribution in [0.2, 0.25) is 0 Å². The maximum atomic E-state index is 4.23. The van der Waals surface area contributed by atoms with Gasteiger partial charge in [0.05, 0.1) is 6.04 Å². The summed E-state index contributed by atoms with van der Waals surface area (Å²) in [6, 6.07) is 12.9. The molecule has 3 heteroatoms. The molecule has 0 bridgehead atoms. The fourth-order valence-corrected chi connectivity index (χ4v) is 3.01. The summed E-state index contributed by atoms with van der Waals surface area (Å²) in [7, 11) is 0. The van der Waals surface area contributed by atoms with E-state index < -0.39 is 0 Å². The summed E-state index contributed by atoms with van der Waals surface area (Å²) in [5.41, 5.74) is 5.18. The lowest BCUT2D eigenvalue weighted by atomic mass is 9.95. The summed E-state index contributed by atoms with van der Waals surface area (Å²) < 4.78 is 0. The molecule has 3 nitrogen and oxygen atoms in total. The molecule has 0 radical (unpaired) electrons. The van der Waals surface area contributed by atoms with Crippen molar-refractivity contribution >= 4 is 10.9 Å². The van der Waals surface area contributed by atoms with Crippen molar-refractivity contribution in [2.45, 2.75) is 12.5 Å². The van der Waals surface area contributed by atoms with Gasteiger partial charge in [-0.2, -0.15) is 0 Å². The zero-order valence-electron chi connectivity index (χ0n) is 10.6. The van der Waals surface area contributed by atoms with Gasteiger partial charge in [0.2, 0.25) is 0 Å². The fraction of sp³-hybridized carbons (Fsp3) is 0.188. The summed E-state index contributed by atoms with van der Waals surface area (Å²) in [4.78, 5) is 7.81. The molecule has 4 rings (SSSR count). The lowest BCUT2D eigenvalue weighted by Crippen LogP contribution is -2.30. The molecule has 2 N–H and O–H groups in total. The molecule has 3 heterocycles. The highest BCUT2D eigenvalue weighted by atomic mass is 15.0. The zero-order chi connectivity index (χ0) is 12.7. The van der Waals surface area contributed by atoms with Crippen molar-refractivity contribution in [3.05, 3.63) is 65.6 Å². The molecule has 0 amide bonds. The van der Waals surface area contributed by atoms with Crippen molar-refractivity contribution < 1.29 is 0 Å². The van der Waals surface area contributed by atoms with Gasteiger partial charge in [0.25, 0.3) is 0 Å². The molecular weight excluding hydrogens is 234 g/mol. The lowest BCUT2D eigenvalue weighted by Gasteiger charge is -2.24. The average molecular weight is 249 g/mol. The lowest BCUT2D eigenvalue weighted by molar-refractivity contribution is 0.559. The second-order valence-electron chi connectivity index (χ2n) is 4.99. The molecule has 1 atom stereocenters. The van der Waals surface area contributed by atoms with E-state index in [2.05, 4.69) is 45.6 Å². The minimum atomic E-state index is 0.227. The Balaban J connectivity index is 1.91. The maximum Gasteiger partial charge on any atom is 0.0747 e. The van der Waals surface area contributed by atoms with Crippen LogP contribution in [0.1, 0.15) is 22.9 Å². The van der Waals surface area contributed by atoms with Gasteiger partial charge in [0, 0.05) is 35.5 Å². The van der Waals surface area contributed by atoms with Crippen LogP contribution >= 0.6 is 0 Å². The van der Waals surface area contributed by atoms with Crippen molar-refractivity contribution in [2.75, 3.05) is 6.54 Å². The van der Waals surface area contributed by atoms with Crippen LogP contribution in [0.15, 0.2) is 48.8 Å². The fourth-order valence-electron chi connectivity index (χ4n) is 3.01. The number of hydrogen-bond donors (Lipinski definition) is 2. The summed E-state index contributed by atoms with van der Waals surface area (Å²) in [6.07, 6.45) is 4.84. The monoisotopic (exact) mass is 249 g/mol. The van der Waals surface area contributed by atoms with Crippen LogP contribution in [-0.4, -0.2) is 16.5 Å². The number of pyridine rings is 1. The van der Waals surface area contributed by atoms with E-state index in [0.717, 1.165) is 13.0 Å². The second-order valence-corrected chi connectivity index (χ2v) is 4.99. The number of aromatic amines is 1. The van der Waals surface area contributed by atoms with E-state index in [1.807, 2.05) is 18.5 Å². The number of fused-ring (bicyclic) bond motifs is 3. The van der Waals surface area contributed by atoms with Crippen molar-refractivity contribution in [3.63, 3.8) is 0 Å². The van der Waals surface area contributed by atoms with Gasteiger partial charge in [-0.15, -0.1) is 0 Å². The Bertz CT molecular complexity index is 715. The molecule has 0 aliphatic carbocycles. The molecule has 0 spiro atoms. The Morgan fingerprint density at radius 3 is 2.95 bits per heavy atom. The van der Waals surface area contributed by atoms with E-state index in [1.54, 1.807) is 0 Å². The highest BCUT2D eigenvalue weighted by Crippen LogP contribution is 2.32. The second kappa shape index (κ2) is 4.21. The Morgan fingerprint density at radius 2 is 2.05 bits per heavy atom. The molecule has 0 unspecified atom stereocenters. The Labute approximate surface area is 111 Å². The van der Waals surface area contributed by atoms with Crippen LogP contribution in [0, 0.1) is 0 Å². The van der Waals surface area contributed by atoms with Crippen molar-refractivity contribution in [3.8, 4) is 0 Å². The molecule has 0 saturated carbocycles. The van der Waals surface area contributed by atoms with E-state index in [9.17, 15) is 0 Å². The van der Waals surface area contributed by atoms with Crippen LogP contribution in [0.25, 0.3) is 10.9 Å². The molecule has 19 heavy (non-hydrogen) atoms. The molecule has 94 valence electrons. The number of para-hydroxylation sites is 1. The molecule has 1 aromatic carbocycles. The first-order valence-corrected chi connectivity index (χ1v) is 6.66. The van der Waals surface area contributed by atoms with Crippen LogP contribution in [0.3, 0.4) is 0 Å². The van der Waals surface area contributed by atoms with Gasteiger partial charge in [-0.05, 0) is 29.7 Å². The summed E-state index contributed by atoms with van der Waals surface area (Å²) in [5.74, 6) is 0. The largest absolute Gasteiger partial charge is 0.357 e. The third kappa shape index (κ3) is 1.66. The zero-order valence-corrected chi connectivity index (χ0v) is 10.6. The van der Waals surface area contributed by atoms with Crippen LogP contribution in [-0.2, 0) is 6.42 Å². The number of nitrogens with one attached hydrogen (secondary N) is 2. The summed E-state index contributed by atoms with van der Waals surface area (Å²) in [6.45, 7) is 1.01. The van der Waals surface area contributed by atoms with Crippen molar-refractivity contribution in [2.24, 2.45) is 0 Å². The van der Waals surface area contributed by atoms with Crippen molar-refractivity contribution in [1.29, 1.82) is 0 Å². The number of benzene rings is 1. The van der Waals surface area contributed by atoms with Gasteiger partial charge < -0.3 is 10.3 Å². The van der Waals surface area contributed by atoms with Crippen molar-refractivity contribution in [1.82, 2.24) is 15.3 Å². The van der Waals surface area contributed by atoms with E-state index in [0.29, 0.717) is 0 Å². The SMILES string of the molecule is c1cncc([C@H]2NCCc3c2[nH]c2ccccc32)c1. The number of rotatable bonds is 1. The molecule has 2 aromatic heterocycles. The third-order valence-electron chi connectivity index (χ3n) is 3.88. The number of hydrogen-bond acceptors (Lipinski definition) is 2. The Hall–Kier alpha value is -2.13. The first-order valence-electron chi connectivity index (χ1n) is 6.66. The first kappa shape index (κ1) is 10.8. The normalized spacial score (nSPS) is 18.4. The minimum Gasteiger partial charge on any atom is -0.357 e. The summed E-state index contributed by atoms with van der Waals surface area (Å²) in [5, 5.41) is 4.94. The molecule has 0 fully saturated rings. The van der Waals surface area contributed by atoms with Gasteiger partial charge in [-0.25, -0.2) is 0 Å². The predicted octanol–water partition coefficient (Wildman–Crippen LogP) is 2.80. The van der Waals surface area contributed by atoms with E-state index >= 15 is 0 Å². The van der Waals surface area contributed by atoms with Gasteiger partial charge >= 0.3 is 0 Å². The molecular formula is C16H15N3. The molecule has 3 aromatic rings. The Kier molecular flexibility index (Phi) is 2.38. The van der Waals surface area contributed by atoms with Crippen LogP contribution in [0.5, 0.6) is 0 Å². The predicted molar refractivity (Wildman–Crippen MR) is 76.1 cm³/mol. The topological polar surface area (TPSA) is 40.7 Å². The van der Waals surface area contributed by atoms with Crippen LogP contribution in [0.4, 0.5) is 0 Å². The maximum absolute atomic E-state index is 4.23. The molecule has 1 aliphatic heterocycles. The third-order valence-corrected chi connectivity index (χ3v) is 3.88. The highest BCUT2D eigenvalue weighted by molar-refractivity contribution is 5.85. The quantitative estimate of drug-likeness (QED) is 0.696. The number of aromatic nitrogens is 2. The van der Waals surface area contributed by atoms with Gasteiger partial charge in [0.1, 0.15) is 0 Å². The Morgan fingerprint density at radius 1 is 1.11 bits per heavy atom. The standard InChI is InChI=1S/C16H15N3/c1-2-6-14-12(5-1)13-7-9-18-15(16(13)19-14)11-4-3-8-17-10-11/h1-6,8,10,15,18-19H,7,9H2/t15-/m1/s1. The smallest absolute Gasteiger partial charge is 0.0747 e. The van der Waals surface area contributed by atoms with E-state index in [1.165, 1.54) is 27.7 Å². The van der Waals surface area contributed by atoms with E-state index in [4.69, 9.17) is 0 Å². The van der Waals surface area contributed by atoms with Gasteiger partial charge in [-0.3, -0.25) is 4.98 Å². The molecule has 0 saturated heterocycles. The number of H-pyrrole nitrogens is 1. The van der Waals surface area contributed by atoms with Gasteiger partial charge in [-0.1, -0.05) is 24.3 Å². The van der Waals surface area contributed by atoms with Crippen LogP contribution < -0.4 is 5.32 Å². The van der Waals surface area contributed by atoms with E-state index in [-0.39, 0.29) is 6.04 Å². The summed E-state index contributed by atoms with van der Waals surface area (Å²) >= 11 is 0.